The molecular weight excluding hydrogens is 502 g/mol. The number of methoxy groups -OCH3 is 1. The number of benzene rings is 2. The molecule has 1 saturated carbocycles. The summed E-state index contributed by atoms with van der Waals surface area (Å²) in [5, 5.41) is 6.36. The molecule has 0 bridgehead atoms. The molecule has 0 saturated heterocycles. The lowest BCUT2D eigenvalue weighted by atomic mass is 9.95. The molecule has 2 aromatic rings. The topological polar surface area (TPSA) is 112 Å². The van der Waals surface area contributed by atoms with Gasteiger partial charge in [-0.1, -0.05) is 55.3 Å². The van der Waals surface area contributed by atoms with Gasteiger partial charge in [-0.2, -0.15) is 0 Å². The number of amidine groups is 2. The number of aliphatic imine (C=N–C) groups is 2. The third-order valence-electron chi connectivity index (χ3n) is 6.88. The van der Waals surface area contributed by atoms with Gasteiger partial charge in [0.1, 0.15) is 17.6 Å². The summed E-state index contributed by atoms with van der Waals surface area (Å²) < 4.78 is 5.30. The fourth-order valence-corrected chi connectivity index (χ4v) is 5.77. The SMILES string of the molecule is COc1ccccc1NC(=O)CSC1=Nc2ccccc2C2=N[C@@H](CCC(=O)NC3CCCCC3)C(=O)N12. The van der Waals surface area contributed by atoms with Crippen LogP contribution in [0.25, 0.3) is 0 Å². The van der Waals surface area contributed by atoms with E-state index in [2.05, 4.69) is 15.6 Å². The molecule has 10 heteroatoms. The van der Waals surface area contributed by atoms with Gasteiger partial charge in [0, 0.05) is 18.0 Å². The first-order chi connectivity index (χ1) is 18.5. The highest BCUT2D eigenvalue weighted by molar-refractivity contribution is 8.14. The van der Waals surface area contributed by atoms with E-state index in [4.69, 9.17) is 9.73 Å². The summed E-state index contributed by atoms with van der Waals surface area (Å²) in [7, 11) is 1.55. The molecule has 3 amide bonds. The molecule has 0 spiro atoms. The van der Waals surface area contributed by atoms with Crippen LogP contribution in [0.4, 0.5) is 11.4 Å². The van der Waals surface area contributed by atoms with Crippen LogP contribution in [-0.2, 0) is 14.4 Å². The quantitative estimate of drug-likeness (QED) is 0.527. The summed E-state index contributed by atoms with van der Waals surface area (Å²) in [5.41, 5.74) is 2.03. The highest BCUT2D eigenvalue weighted by Gasteiger charge is 2.41. The van der Waals surface area contributed by atoms with E-state index in [1.807, 2.05) is 36.4 Å². The van der Waals surface area contributed by atoms with Crippen molar-refractivity contribution >= 4 is 51.9 Å². The molecule has 5 rings (SSSR count). The summed E-state index contributed by atoms with van der Waals surface area (Å²) in [4.78, 5) is 49.6. The number of thioether (sulfide) groups is 1. The maximum Gasteiger partial charge on any atom is 0.259 e. The van der Waals surface area contributed by atoms with Crippen LogP contribution in [0.3, 0.4) is 0 Å². The van der Waals surface area contributed by atoms with Gasteiger partial charge in [-0.3, -0.25) is 19.4 Å². The average molecular weight is 534 g/mol. The zero-order valence-corrected chi connectivity index (χ0v) is 22.1. The zero-order chi connectivity index (χ0) is 26.5. The van der Waals surface area contributed by atoms with E-state index in [0.717, 1.165) is 31.2 Å². The first-order valence-electron chi connectivity index (χ1n) is 13.0. The Morgan fingerprint density at radius 2 is 1.82 bits per heavy atom. The molecular formula is C28H31N5O4S. The van der Waals surface area contributed by atoms with Gasteiger partial charge in [0.25, 0.3) is 5.91 Å². The number of para-hydroxylation sites is 3. The van der Waals surface area contributed by atoms with Crippen molar-refractivity contribution in [1.29, 1.82) is 0 Å². The number of nitrogens with zero attached hydrogens (tertiary/aromatic N) is 3. The van der Waals surface area contributed by atoms with Crippen molar-refractivity contribution in [2.24, 2.45) is 9.98 Å². The number of anilines is 1. The number of carbonyl (C=O) groups excluding carboxylic acids is 3. The number of fused-ring (bicyclic) bond motifs is 3. The monoisotopic (exact) mass is 533 g/mol. The summed E-state index contributed by atoms with van der Waals surface area (Å²) in [6, 6.07) is 14.2. The van der Waals surface area contributed by atoms with Crippen LogP contribution >= 0.6 is 11.8 Å². The van der Waals surface area contributed by atoms with Gasteiger partial charge in [0.15, 0.2) is 5.17 Å². The number of hydrogen-bond donors (Lipinski definition) is 2. The van der Waals surface area contributed by atoms with Crippen LogP contribution in [0, 0.1) is 0 Å². The summed E-state index contributed by atoms with van der Waals surface area (Å²) in [6.45, 7) is 0. The molecule has 3 aliphatic rings. The van der Waals surface area contributed by atoms with E-state index in [1.54, 1.807) is 19.2 Å². The van der Waals surface area contributed by atoms with E-state index in [-0.39, 0.29) is 35.9 Å². The van der Waals surface area contributed by atoms with Gasteiger partial charge in [-0.15, -0.1) is 0 Å². The van der Waals surface area contributed by atoms with Gasteiger partial charge in [-0.25, -0.2) is 9.89 Å². The third kappa shape index (κ3) is 5.75. The second-order valence-electron chi connectivity index (χ2n) is 9.53. The fourth-order valence-electron chi connectivity index (χ4n) is 4.97. The van der Waals surface area contributed by atoms with Gasteiger partial charge in [0.05, 0.1) is 24.2 Å². The van der Waals surface area contributed by atoms with Crippen LogP contribution in [0.2, 0.25) is 0 Å². The number of amides is 3. The first kappa shape index (κ1) is 26.0. The summed E-state index contributed by atoms with van der Waals surface area (Å²) in [6.07, 6.45) is 6.11. The van der Waals surface area contributed by atoms with Crippen molar-refractivity contribution in [1.82, 2.24) is 10.2 Å². The van der Waals surface area contributed by atoms with Crippen molar-refractivity contribution in [3.05, 3.63) is 54.1 Å². The summed E-state index contributed by atoms with van der Waals surface area (Å²) in [5.74, 6) is 0.620. The van der Waals surface area contributed by atoms with Crippen LogP contribution in [-0.4, -0.2) is 58.6 Å². The van der Waals surface area contributed by atoms with Crippen LogP contribution in [0.5, 0.6) is 5.75 Å². The molecule has 1 atom stereocenters. The van der Waals surface area contributed by atoms with Gasteiger partial charge in [0.2, 0.25) is 11.8 Å². The van der Waals surface area contributed by atoms with Gasteiger partial charge in [-0.05, 0) is 43.5 Å². The zero-order valence-electron chi connectivity index (χ0n) is 21.3. The average Bonchev–Trinajstić information content (AvgIpc) is 3.28. The normalized spacial score (nSPS) is 18.7. The Morgan fingerprint density at radius 1 is 1.05 bits per heavy atom. The molecule has 1 aliphatic carbocycles. The smallest absolute Gasteiger partial charge is 0.259 e. The molecule has 198 valence electrons. The van der Waals surface area contributed by atoms with Crippen LogP contribution in [0.15, 0.2) is 58.5 Å². The van der Waals surface area contributed by atoms with Crippen molar-refractivity contribution in [3.63, 3.8) is 0 Å². The molecule has 0 aromatic heterocycles. The Morgan fingerprint density at radius 3 is 2.63 bits per heavy atom. The lowest BCUT2D eigenvalue weighted by Gasteiger charge is -2.25. The maximum absolute atomic E-state index is 13.5. The molecule has 0 radical (unpaired) electrons. The third-order valence-corrected chi connectivity index (χ3v) is 7.81. The van der Waals surface area contributed by atoms with Crippen molar-refractivity contribution in [2.75, 3.05) is 18.2 Å². The Bertz CT molecular complexity index is 1290. The van der Waals surface area contributed by atoms with Crippen molar-refractivity contribution in [2.45, 2.75) is 57.0 Å². The van der Waals surface area contributed by atoms with E-state index < -0.39 is 6.04 Å². The molecule has 2 aromatic carbocycles. The van der Waals surface area contributed by atoms with Gasteiger partial charge < -0.3 is 15.4 Å². The molecule has 2 N–H and O–H groups in total. The lowest BCUT2D eigenvalue weighted by molar-refractivity contribution is -0.125. The Balaban J connectivity index is 1.26. The summed E-state index contributed by atoms with van der Waals surface area (Å²) >= 11 is 1.17. The maximum atomic E-state index is 13.5. The van der Waals surface area contributed by atoms with E-state index in [1.165, 1.54) is 23.1 Å². The number of carbonyl (C=O) groups is 3. The van der Waals surface area contributed by atoms with E-state index in [0.29, 0.717) is 34.5 Å². The Kier molecular flexibility index (Phi) is 8.07. The number of nitrogens with one attached hydrogen (secondary N) is 2. The minimum absolute atomic E-state index is 0.0357. The van der Waals surface area contributed by atoms with E-state index >= 15 is 0 Å². The minimum Gasteiger partial charge on any atom is -0.495 e. The van der Waals surface area contributed by atoms with Crippen molar-refractivity contribution < 1.29 is 19.1 Å². The second kappa shape index (κ2) is 11.8. The Hall–Kier alpha value is -3.66. The largest absolute Gasteiger partial charge is 0.495 e. The van der Waals surface area contributed by atoms with Crippen LogP contribution < -0.4 is 15.4 Å². The fraction of sp³-hybridized carbons (Fsp3) is 0.393. The number of hydrogen-bond acceptors (Lipinski definition) is 7. The second-order valence-corrected chi connectivity index (χ2v) is 10.5. The standard InChI is InChI=1S/C28H31N5O4S/c1-37-23-14-8-7-13-21(23)30-25(35)17-38-28-32-20-12-6-5-11-19(20)26-31-22(27(36)33(26)28)15-16-24(34)29-18-9-3-2-4-10-18/h5-8,11-14,18,22H,2-4,9-10,15-17H2,1H3,(H,29,34)(H,30,35)/t22-/m0/s1. The molecule has 9 nitrogen and oxygen atoms in total. The van der Waals surface area contributed by atoms with Crippen molar-refractivity contribution in [3.8, 4) is 5.75 Å². The number of rotatable bonds is 8. The molecule has 2 heterocycles. The van der Waals surface area contributed by atoms with Gasteiger partial charge >= 0.3 is 0 Å². The Labute approximate surface area is 226 Å². The predicted octanol–water partition coefficient (Wildman–Crippen LogP) is 4.25. The molecule has 2 aliphatic heterocycles. The molecule has 0 unspecified atom stereocenters. The highest BCUT2D eigenvalue weighted by Crippen LogP contribution is 2.34. The van der Waals surface area contributed by atoms with Crippen LogP contribution in [0.1, 0.15) is 50.5 Å². The minimum atomic E-state index is -0.665. The lowest BCUT2D eigenvalue weighted by Crippen LogP contribution is -2.42. The highest BCUT2D eigenvalue weighted by atomic mass is 32.2. The number of ether oxygens (including phenoxy) is 1. The molecule has 1 fully saturated rings. The predicted molar refractivity (Wildman–Crippen MR) is 149 cm³/mol. The van der Waals surface area contributed by atoms with E-state index in [9.17, 15) is 14.4 Å². The first-order valence-corrected chi connectivity index (χ1v) is 14.0. The molecule has 38 heavy (non-hydrogen) atoms.